The highest BCUT2D eigenvalue weighted by molar-refractivity contribution is 9.09. The molecule has 1 aliphatic heterocycles. The normalized spacial score (nSPS) is 21.8. The molecule has 0 saturated heterocycles. The molecule has 0 bridgehead atoms. The zero-order chi connectivity index (χ0) is 10.1. The van der Waals surface area contributed by atoms with Gasteiger partial charge in [0.15, 0.2) is 0 Å². The average molecular weight is 256 g/mol. The molecule has 0 aromatic heterocycles. The van der Waals surface area contributed by atoms with Crippen molar-refractivity contribution in [2.24, 2.45) is 0 Å². The first-order chi connectivity index (χ1) is 6.72. The maximum Gasteiger partial charge on any atom is 0.119 e. The molecule has 0 fully saturated rings. The Morgan fingerprint density at radius 1 is 1.50 bits per heavy atom. The number of hydrogen-bond acceptors (Lipinski definition) is 2. The van der Waals surface area contributed by atoms with Gasteiger partial charge in [0.25, 0.3) is 0 Å². The second kappa shape index (κ2) is 3.91. The highest BCUT2D eigenvalue weighted by Crippen LogP contribution is 2.34. The van der Waals surface area contributed by atoms with Gasteiger partial charge >= 0.3 is 0 Å². The maximum atomic E-state index is 5.21. The van der Waals surface area contributed by atoms with E-state index in [1.807, 2.05) is 6.07 Å². The first-order valence-electron chi connectivity index (χ1n) is 4.73. The van der Waals surface area contributed by atoms with E-state index >= 15 is 0 Å². The van der Waals surface area contributed by atoms with Crippen molar-refractivity contribution < 1.29 is 4.74 Å². The van der Waals surface area contributed by atoms with E-state index in [1.165, 1.54) is 11.1 Å². The molecule has 0 amide bonds. The van der Waals surface area contributed by atoms with E-state index in [9.17, 15) is 0 Å². The molecule has 0 aliphatic carbocycles. The second-order valence-electron chi connectivity index (χ2n) is 3.63. The van der Waals surface area contributed by atoms with Gasteiger partial charge in [-0.2, -0.15) is 0 Å². The van der Waals surface area contributed by atoms with Crippen molar-refractivity contribution in [2.75, 3.05) is 20.7 Å². The number of alkyl halides is 1. The van der Waals surface area contributed by atoms with Crippen LogP contribution in [0.4, 0.5) is 0 Å². The van der Waals surface area contributed by atoms with E-state index in [0.717, 1.165) is 18.7 Å². The molecule has 1 unspecified atom stereocenters. The number of methoxy groups -OCH3 is 1. The van der Waals surface area contributed by atoms with Crippen molar-refractivity contribution >= 4 is 15.9 Å². The number of benzene rings is 1. The fourth-order valence-electron chi connectivity index (χ4n) is 1.81. The van der Waals surface area contributed by atoms with Crippen LogP contribution in [0, 0.1) is 0 Å². The van der Waals surface area contributed by atoms with Crippen molar-refractivity contribution in [1.29, 1.82) is 0 Å². The number of fused-ring (bicyclic) bond motifs is 1. The van der Waals surface area contributed by atoms with Crippen LogP contribution in [0.2, 0.25) is 0 Å². The smallest absolute Gasteiger partial charge is 0.119 e. The van der Waals surface area contributed by atoms with E-state index in [4.69, 9.17) is 4.74 Å². The molecule has 0 saturated carbocycles. The predicted molar refractivity (Wildman–Crippen MR) is 61.0 cm³/mol. The molecular weight excluding hydrogens is 242 g/mol. The molecule has 1 aliphatic rings. The molecule has 1 aromatic rings. The summed E-state index contributed by atoms with van der Waals surface area (Å²) in [5.41, 5.74) is 2.75. The Morgan fingerprint density at radius 2 is 2.29 bits per heavy atom. The van der Waals surface area contributed by atoms with E-state index in [-0.39, 0.29) is 0 Å². The number of ether oxygens (including phenoxy) is 1. The highest BCUT2D eigenvalue weighted by atomic mass is 79.9. The summed E-state index contributed by atoms with van der Waals surface area (Å²) in [4.78, 5) is 2.64. The molecule has 3 heteroatoms. The summed E-state index contributed by atoms with van der Waals surface area (Å²) < 4.78 is 5.21. The molecule has 14 heavy (non-hydrogen) atoms. The summed E-state index contributed by atoms with van der Waals surface area (Å²) in [7, 11) is 3.84. The van der Waals surface area contributed by atoms with Crippen LogP contribution in [-0.2, 0) is 6.42 Å². The molecular formula is C11H14BrNO. The third-order valence-corrected chi connectivity index (χ3v) is 3.92. The number of halogens is 1. The second-order valence-corrected chi connectivity index (χ2v) is 4.50. The van der Waals surface area contributed by atoms with E-state index in [2.05, 4.69) is 40.0 Å². The van der Waals surface area contributed by atoms with Gasteiger partial charge in [0.05, 0.1) is 12.1 Å². The minimum atomic E-state index is 0.345. The number of hydrogen-bond donors (Lipinski definition) is 0. The third kappa shape index (κ3) is 1.66. The first kappa shape index (κ1) is 9.99. The molecule has 1 atom stereocenters. The zero-order valence-corrected chi connectivity index (χ0v) is 10.0. The van der Waals surface area contributed by atoms with Gasteiger partial charge in [-0.1, -0.05) is 22.0 Å². The lowest BCUT2D eigenvalue weighted by Crippen LogP contribution is -2.28. The summed E-state index contributed by atoms with van der Waals surface area (Å²) in [6.45, 7) is 1.09. The van der Waals surface area contributed by atoms with E-state index < -0.39 is 0 Å². The fourth-order valence-corrected chi connectivity index (χ4v) is 2.46. The number of nitrogens with zero attached hydrogens (tertiary/aromatic N) is 1. The number of rotatable bonds is 1. The van der Waals surface area contributed by atoms with Gasteiger partial charge in [0.1, 0.15) is 5.75 Å². The van der Waals surface area contributed by atoms with Crippen molar-refractivity contribution in [1.82, 2.24) is 4.90 Å². The summed E-state index contributed by atoms with van der Waals surface area (Å²) in [5.74, 6) is 0.952. The molecule has 2 rings (SSSR count). The Morgan fingerprint density at radius 3 is 3.00 bits per heavy atom. The number of likely N-dealkylation sites (N-methyl/N-ethyl adjacent to an activating group) is 1. The summed E-state index contributed by atoms with van der Waals surface area (Å²) in [6.07, 6.45) is 1.10. The lowest BCUT2D eigenvalue weighted by Gasteiger charge is -2.30. The van der Waals surface area contributed by atoms with Gasteiger partial charge in [-0.05, 0) is 36.7 Å². The quantitative estimate of drug-likeness (QED) is 0.565. The van der Waals surface area contributed by atoms with Gasteiger partial charge < -0.3 is 4.74 Å². The van der Waals surface area contributed by atoms with E-state index in [0.29, 0.717) is 4.95 Å². The van der Waals surface area contributed by atoms with Gasteiger partial charge in [0, 0.05) is 6.54 Å². The third-order valence-electron chi connectivity index (χ3n) is 2.73. The highest BCUT2D eigenvalue weighted by Gasteiger charge is 2.22. The van der Waals surface area contributed by atoms with Crippen LogP contribution in [0.1, 0.15) is 16.1 Å². The average Bonchev–Trinajstić information content (AvgIpc) is 2.23. The van der Waals surface area contributed by atoms with Gasteiger partial charge in [0.2, 0.25) is 0 Å². The van der Waals surface area contributed by atoms with Gasteiger partial charge in [-0.3, -0.25) is 4.90 Å². The minimum absolute atomic E-state index is 0.345. The first-order valence-corrected chi connectivity index (χ1v) is 5.65. The molecule has 2 nitrogen and oxygen atoms in total. The minimum Gasteiger partial charge on any atom is -0.497 e. The standard InChI is InChI=1S/C11H14BrNO/c1-13-6-5-8-7-9(14-2)3-4-10(8)11(13)12/h3-4,7,11H,5-6H2,1-2H3. The van der Waals surface area contributed by atoms with Crippen LogP contribution in [0.5, 0.6) is 5.75 Å². The Labute approximate surface area is 93.0 Å². The van der Waals surface area contributed by atoms with Crippen LogP contribution in [-0.4, -0.2) is 25.6 Å². The van der Waals surface area contributed by atoms with E-state index in [1.54, 1.807) is 7.11 Å². The molecule has 1 aromatic carbocycles. The Balaban J connectivity index is 2.38. The molecule has 0 spiro atoms. The maximum absolute atomic E-state index is 5.21. The largest absolute Gasteiger partial charge is 0.497 e. The van der Waals surface area contributed by atoms with Crippen LogP contribution >= 0.6 is 15.9 Å². The summed E-state index contributed by atoms with van der Waals surface area (Å²) >= 11 is 3.68. The van der Waals surface area contributed by atoms with Crippen LogP contribution < -0.4 is 4.74 Å². The monoisotopic (exact) mass is 255 g/mol. The fraction of sp³-hybridized carbons (Fsp3) is 0.455. The van der Waals surface area contributed by atoms with Crippen LogP contribution in [0.25, 0.3) is 0 Å². The lowest BCUT2D eigenvalue weighted by molar-refractivity contribution is 0.308. The Hall–Kier alpha value is -0.540. The van der Waals surface area contributed by atoms with Crippen molar-refractivity contribution in [3.05, 3.63) is 29.3 Å². The molecule has 1 heterocycles. The SMILES string of the molecule is COc1ccc2c(c1)CCN(C)C2Br. The van der Waals surface area contributed by atoms with Crippen LogP contribution in [0.3, 0.4) is 0 Å². The topological polar surface area (TPSA) is 12.5 Å². The summed E-state index contributed by atoms with van der Waals surface area (Å²) in [5, 5.41) is 0. The van der Waals surface area contributed by atoms with Gasteiger partial charge in [-0.15, -0.1) is 0 Å². The Kier molecular flexibility index (Phi) is 2.79. The predicted octanol–water partition coefficient (Wildman–Crippen LogP) is 2.58. The zero-order valence-electron chi connectivity index (χ0n) is 8.46. The molecule has 76 valence electrons. The molecule has 0 N–H and O–H groups in total. The lowest BCUT2D eigenvalue weighted by atomic mass is 10.00. The Bertz CT molecular complexity index is 340. The van der Waals surface area contributed by atoms with Crippen molar-refractivity contribution in [3.63, 3.8) is 0 Å². The summed E-state index contributed by atoms with van der Waals surface area (Å²) in [6, 6.07) is 6.30. The van der Waals surface area contributed by atoms with Crippen molar-refractivity contribution in [2.45, 2.75) is 11.4 Å². The van der Waals surface area contributed by atoms with Gasteiger partial charge in [-0.25, -0.2) is 0 Å². The van der Waals surface area contributed by atoms with Crippen molar-refractivity contribution in [3.8, 4) is 5.75 Å². The van der Waals surface area contributed by atoms with Crippen LogP contribution in [0.15, 0.2) is 18.2 Å². The molecule has 0 radical (unpaired) electrons.